The van der Waals surface area contributed by atoms with Gasteiger partial charge in [-0.2, -0.15) is 0 Å². The van der Waals surface area contributed by atoms with E-state index >= 15 is 0 Å². The van der Waals surface area contributed by atoms with Crippen LogP contribution in [0.25, 0.3) is 0 Å². The molecule has 3 heteroatoms. The molecule has 20 heavy (non-hydrogen) atoms. The molecule has 2 aromatic rings. The Hall–Kier alpha value is -1.87. The standard InChI is InChI=1S/C17H22N2O/c1-10-6-13(4)17(19-9-10)16(18)14-7-12(3)15(20-5)8-11(14)2/h6-9,16H,18H2,1-5H3. The van der Waals surface area contributed by atoms with E-state index in [9.17, 15) is 0 Å². The first kappa shape index (κ1) is 14.5. The highest BCUT2D eigenvalue weighted by Crippen LogP contribution is 2.29. The van der Waals surface area contributed by atoms with Gasteiger partial charge in [0.25, 0.3) is 0 Å². The highest BCUT2D eigenvalue weighted by atomic mass is 16.5. The van der Waals surface area contributed by atoms with Crippen molar-refractivity contribution in [2.45, 2.75) is 33.7 Å². The van der Waals surface area contributed by atoms with Crippen LogP contribution in [-0.2, 0) is 0 Å². The van der Waals surface area contributed by atoms with Crippen LogP contribution >= 0.6 is 0 Å². The lowest BCUT2D eigenvalue weighted by Crippen LogP contribution is -2.16. The van der Waals surface area contributed by atoms with E-state index in [1.807, 2.05) is 26.1 Å². The van der Waals surface area contributed by atoms with Crippen LogP contribution in [0.4, 0.5) is 0 Å². The third kappa shape index (κ3) is 2.68. The van der Waals surface area contributed by atoms with E-state index in [0.717, 1.165) is 39.3 Å². The second kappa shape index (κ2) is 5.63. The predicted molar refractivity (Wildman–Crippen MR) is 82.2 cm³/mol. The van der Waals surface area contributed by atoms with Crippen molar-refractivity contribution in [3.05, 3.63) is 57.9 Å². The van der Waals surface area contributed by atoms with Gasteiger partial charge in [0.1, 0.15) is 5.75 Å². The van der Waals surface area contributed by atoms with Crippen molar-refractivity contribution in [1.29, 1.82) is 0 Å². The minimum Gasteiger partial charge on any atom is -0.496 e. The van der Waals surface area contributed by atoms with Gasteiger partial charge in [-0.05, 0) is 61.6 Å². The van der Waals surface area contributed by atoms with E-state index in [2.05, 4.69) is 31.0 Å². The summed E-state index contributed by atoms with van der Waals surface area (Å²) in [5.74, 6) is 0.895. The normalized spacial score (nSPS) is 12.3. The smallest absolute Gasteiger partial charge is 0.122 e. The molecular formula is C17H22N2O. The first-order valence-electron chi connectivity index (χ1n) is 6.78. The molecule has 1 unspecified atom stereocenters. The summed E-state index contributed by atoms with van der Waals surface area (Å²) in [6.07, 6.45) is 1.87. The van der Waals surface area contributed by atoms with Crippen LogP contribution in [0.5, 0.6) is 5.75 Å². The average Bonchev–Trinajstić information content (AvgIpc) is 2.40. The Morgan fingerprint density at radius 3 is 2.30 bits per heavy atom. The van der Waals surface area contributed by atoms with Crippen LogP contribution in [-0.4, -0.2) is 12.1 Å². The summed E-state index contributed by atoms with van der Waals surface area (Å²) < 4.78 is 5.35. The molecule has 0 aliphatic heterocycles. The van der Waals surface area contributed by atoms with E-state index in [-0.39, 0.29) is 6.04 Å². The number of pyridine rings is 1. The molecule has 0 aliphatic carbocycles. The SMILES string of the molecule is COc1cc(C)c(C(N)c2ncc(C)cc2C)cc1C. The van der Waals surface area contributed by atoms with Gasteiger partial charge in [-0.1, -0.05) is 12.1 Å². The summed E-state index contributed by atoms with van der Waals surface area (Å²) in [5.41, 5.74) is 13.0. The fourth-order valence-corrected chi connectivity index (χ4v) is 2.57. The Labute approximate surface area is 120 Å². The molecule has 1 heterocycles. The zero-order chi connectivity index (χ0) is 14.9. The molecule has 0 spiro atoms. The van der Waals surface area contributed by atoms with Crippen LogP contribution in [0.15, 0.2) is 24.4 Å². The van der Waals surface area contributed by atoms with Gasteiger partial charge >= 0.3 is 0 Å². The molecule has 2 N–H and O–H groups in total. The van der Waals surface area contributed by atoms with E-state index in [0.29, 0.717) is 0 Å². The van der Waals surface area contributed by atoms with Gasteiger partial charge in [0.2, 0.25) is 0 Å². The van der Waals surface area contributed by atoms with Crippen molar-refractivity contribution in [3.8, 4) is 5.75 Å². The summed E-state index contributed by atoms with van der Waals surface area (Å²) in [5, 5.41) is 0. The van der Waals surface area contributed by atoms with Gasteiger partial charge in [-0.15, -0.1) is 0 Å². The summed E-state index contributed by atoms with van der Waals surface area (Å²) in [7, 11) is 1.69. The Bertz CT molecular complexity index is 635. The summed E-state index contributed by atoms with van der Waals surface area (Å²) in [6, 6.07) is 6.04. The number of hydrogen-bond donors (Lipinski definition) is 1. The van der Waals surface area contributed by atoms with Crippen LogP contribution in [0.3, 0.4) is 0 Å². The quantitative estimate of drug-likeness (QED) is 0.930. The van der Waals surface area contributed by atoms with Gasteiger partial charge < -0.3 is 10.5 Å². The molecule has 0 saturated heterocycles. The Morgan fingerprint density at radius 1 is 1.00 bits per heavy atom. The van der Waals surface area contributed by atoms with Crippen molar-refractivity contribution in [2.75, 3.05) is 7.11 Å². The van der Waals surface area contributed by atoms with E-state index in [1.165, 1.54) is 0 Å². The maximum Gasteiger partial charge on any atom is 0.122 e. The van der Waals surface area contributed by atoms with Crippen LogP contribution in [0.2, 0.25) is 0 Å². The molecule has 0 amide bonds. The lowest BCUT2D eigenvalue weighted by molar-refractivity contribution is 0.411. The first-order chi connectivity index (χ1) is 9.43. The van der Waals surface area contributed by atoms with E-state index < -0.39 is 0 Å². The molecule has 1 aromatic carbocycles. The Morgan fingerprint density at radius 2 is 1.70 bits per heavy atom. The molecule has 0 fully saturated rings. The number of nitrogens with zero attached hydrogens (tertiary/aromatic N) is 1. The molecule has 2 rings (SSSR count). The van der Waals surface area contributed by atoms with Crippen molar-refractivity contribution in [1.82, 2.24) is 4.98 Å². The predicted octanol–water partition coefficient (Wildman–Crippen LogP) is 3.37. The second-order valence-corrected chi connectivity index (χ2v) is 5.37. The second-order valence-electron chi connectivity index (χ2n) is 5.37. The first-order valence-corrected chi connectivity index (χ1v) is 6.78. The monoisotopic (exact) mass is 270 g/mol. The largest absolute Gasteiger partial charge is 0.496 e. The topological polar surface area (TPSA) is 48.1 Å². The minimum absolute atomic E-state index is 0.208. The van der Waals surface area contributed by atoms with Gasteiger partial charge in [-0.25, -0.2) is 0 Å². The van der Waals surface area contributed by atoms with Crippen molar-refractivity contribution >= 4 is 0 Å². The number of ether oxygens (including phenoxy) is 1. The van der Waals surface area contributed by atoms with Crippen LogP contribution < -0.4 is 10.5 Å². The number of rotatable bonds is 3. The van der Waals surface area contributed by atoms with Gasteiger partial charge in [0.15, 0.2) is 0 Å². The van der Waals surface area contributed by atoms with Crippen molar-refractivity contribution in [3.63, 3.8) is 0 Å². The van der Waals surface area contributed by atoms with Gasteiger partial charge in [0, 0.05) is 6.20 Å². The number of benzene rings is 1. The molecule has 106 valence electrons. The van der Waals surface area contributed by atoms with Gasteiger partial charge in [0.05, 0.1) is 18.8 Å². The molecular weight excluding hydrogens is 248 g/mol. The summed E-state index contributed by atoms with van der Waals surface area (Å²) in [4.78, 5) is 4.51. The lowest BCUT2D eigenvalue weighted by atomic mass is 9.94. The number of hydrogen-bond acceptors (Lipinski definition) is 3. The number of nitrogens with two attached hydrogens (primary N) is 1. The minimum atomic E-state index is -0.208. The Kier molecular flexibility index (Phi) is 4.09. The fourth-order valence-electron chi connectivity index (χ4n) is 2.57. The van der Waals surface area contributed by atoms with Gasteiger partial charge in [-0.3, -0.25) is 4.98 Å². The lowest BCUT2D eigenvalue weighted by Gasteiger charge is -2.18. The summed E-state index contributed by atoms with van der Waals surface area (Å²) >= 11 is 0. The number of aryl methyl sites for hydroxylation is 4. The molecule has 1 aromatic heterocycles. The zero-order valence-electron chi connectivity index (χ0n) is 12.8. The third-order valence-electron chi connectivity index (χ3n) is 3.67. The van der Waals surface area contributed by atoms with Crippen molar-refractivity contribution in [2.24, 2.45) is 5.73 Å². The number of aromatic nitrogens is 1. The van der Waals surface area contributed by atoms with Crippen LogP contribution in [0.1, 0.15) is 39.6 Å². The zero-order valence-corrected chi connectivity index (χ0v) is 12.8. The van der Waals surface area contributed by atoms with Crippen molar-refractivity contribution < 1.29 is 4.74 Å². The van der Waals surface area contributed by atoms with E-state index in [1.54, 1.807) is 7.11 Å². The molecule has 3 nitrogen and oxygen atoms in total. The molecule has 0 saturated carbocycles. The highest BCUT2D eigenvalue weighted by Gasteiger charge is 2.17. The molecule has 0 bridgehead atoms. The third-order valence-corrected chi connectivity index (χ3v) is 3.67. The maximum absolute atomic E-state index is 6.43. The fraction of sp³-hybridized carbons (Fsp3) is 0.353. The molecule has 0 aliphatic rings. The van der Waals surface area contributed by atoms with Crippen LogP contribution in [0, 0.1) is 27.7 Å². The molecule has 0 radical (unpaired) electrons. The summed E-state index contributed by atoms with van der Waals surface area (Å²) in [6.45, 7) is 8.18. The van der Waals surface area contributed by atoms with E-state index in [4.69, 9.17) is 10.5 Å². The Balaban J connectivity index is 2.48. The maximum atomic E-state index is 6.43. The number of methoxy groups -OCH3 is 1. The molecule has 1 atom stereocenters. The average molecular weight is 270 g/mol. The highest BCUT2D eigenvalue weighted by molar-refractivity contribution is 5.45.